The Morgan fingerprint density at radius 3 is 2.58 bits per heavy atom. The first-order valence-corrected chi connectivity index (χ1v) is 12.3. The summed E-state index contributed by atoms with van der Waals surface area (Å²) in [5, 5.41) is 9.58. The van der Waals surface area contributed by atoms with E-state index in [-0.39, 0.29) is 18.0 Å². The van der Waals surface area contributed by atoms with E-state index in [0.29, 0.717) is 23.1 Å². The first-order valence-electron chi connectivity index (χ1n) is 11.4. The summed E-state index contributed by atoms with van der Waals surface area (Å²) in [5.74, 6) is 0.562. The molecule has 3 heterocycles. The third-order valence-electron chi connectivity index (χ3n) is 6.53. The third kappa shape index (κ3) is 5.21. The summed E-state index contributed by atoms with van der Waals surface area (Å²) in [4.78, 5) is 30.5. The highest BCUT2D eigenvalue weighted by Crippen LogP contribution is 2.36. The summed E-state index contributed by atoms with van der Waals surface area (Å²) >= 11 is 1.66. The summed E-state index contributed by atoms with van der Waals surface area (Å²) < 4.78 is 0. The summed E-state index contributed by atoms with van der Waals surface area (Å²) in [7, 11) is 0. The lowest BCUT2D eigenvalue weighted by Gasteiger charge is -2.39. The van der Waals surface area contributed by atoms with Gasteiger partial charge in [0.05, 0.1) is 10.6 Å². The summed E-state index contributed by atoms with van der Waals surface area (Å²) in [6.45, 7) is 13.6. The molecule has 3 rings (SSSR count). The smallest absolute Gasteiger partial charge is 0.253 e. The Hall–Kier alpha value is -2.12. The van der Waals surface area contributed by atoms with Gasteiger partial charge in [0, 0.05) is 35.8 Å². The number of nitrogens with one attached hydrogen (secondary N) is 3. The van der Waals surface area contributed by atoms with Gasteiger partial charge in [0.15, 0.2) is 0 Å². The Balaban J connectivity index is 1.76. The fourth-order valence-corrected chi connectivity index (χ4v) is 6.04. The van der Waals surface area contributed by atoms with E-state index in [1.54, 1.807) is 11.3 Å². The fourth-order valence-electron chi connectivity index (χ4n) is 4.84. The maximum Gasteiger partial charge on any atom is 0.253 e. The van der Waals surface area contributed by atoms with Gasteiger partial charge < -0.3 is 20.5 Å². The number of H-pyrrole nitrogens is 1. The number of pyridine rings is 1. The number of anilines is 1. The number of hydrogen-bond donors (Lipinski definition) is 3. The van der Waals surface area contributed by atoms with Crippen LogP contribution in [0.2, 0.25) is 0 Å². The van der Waals surface area contributed by atoms with Gasteiger partial charge in [0.2, 0.25) is 0 Å². The number of amides is 1. The topological polar surface area (TPSA) is 77.2 Å². The van der Waals surface area contributed by atoms with E-state index in [0.717, 1.165) is 42.9 Å². The van der Waals surface area contributed by atoms with Crippen LogP contribution in [0.4, 0.5) is 5.00 Å². The minimum Gasteiger partial charge on any atom is -0.360 e. The highest BCUT2D eigenvalue weighted by molar-refractivity contribution is 7.14. The second kappa shape index (κ2) is 10.5. The second-order valence-corrected chi connectivity index (χ2v) is 9.41. The Bertz CT molecular complexity index is 959. The number of aromatic amines is 1. The van der Waals surface area contributed by atoms with Gasteiger partial charge in [-0.15, -0.1) is 11.3 Å². The zero-order valence-electron chi connectivity index (χ0n) is 19.4. The average molecular weight is 445 g/mol. The first kappa shape index (κ1) is 23.5. The van der Waals surface area contributed by atoms with Crippen molar-refractivity contribution in [2.75, 3.05) is 24.5 Å². The molecule has 1 fully saturated rings. The number of hydrogen-bond acceptors (Lipinski definition) is 5. The van der Waals surface area contributed by atoms with E-state index in [9.17, 15) is 9.59 Å². The largest absolute Gasteiger partial charge is 0.360 e. The molecule has 0 bridgehead atoms. The number of carbonyl (C=O) groups is 1. The molecular weight excluding hydrogens is 408 g/mol. The highest BCUT2D eigenvalue weighted by Gasteiger charge is 2.29. The molecular formula is C24H36N4O2S. The molecule has 0 radical (unpaired) electrons. The zero-order valence-corrected chi connectivity index (χ0v) is 20.2. The molecule has 1 saturated heterocycles. The van der Waals surface area contributed by atoms with Crippen LogP contribution in [0.25, 0.3) is 0 Å². The zero-order chi connectivity index (χ0) is 22.5. The second-order valence-electron chi connectivity index (χ2n) is 8.55. The van der Waals surface area contributed by atoms with E-state index in [4.69, 9.17) is 0 Å². The van der Waals surface area contributed by atoms with Crippen molar-refractivity contribution in [2.24, 2.45) is 5.92 Å². The molecule has 1 aliphatic rings. The van der Waals surface area contributed by atoms with Crippen molar-refractivity contribution in [3.8, 4) is 0 Å². The molecule has 0 aliphatic carbocycles. The predicted octanol–water partition coefficient (Wildman–Crippen LogP) is 3.90. The predicted molar refractivity (Wildman–Crippen MR) is 129 cm³/mol. The van der Waals surface area contributed by atoms with Crippen LogP contribution in [-0.2, 0) is 6.54 Å². The summed E-state index contributed by atoms with van der Waals surface area (Å²) in [6.07, 6.45) is 3.52. The van der Waals surface area contributed by atoms with Gasteiger partial charge in [-0.05, 0) is 83.2 Å². The minimum absolute atomic E-state index is 0.120. The van der Waals surface area contributed by atoms with Crippen molar-refractivity contribution in [2.45, 2.75) is 66.5 Å². The Morgan fingerprint density at radius 1 is 1.26 bits per heavy atom. The molecule has 0 saturated carbocycles. The van der Waals surface area contributed by atoms with E-state index in [2.05, 4.69) is 34.4 Å². The lowest BCUT2D eigenvalue weighted by Crippen LogP contribution is -2.44. The standard InChI is InChI=1S/C24H36N4O2S/c1-6-21(18-8-10-25-11-9-18)28(7-2)24-17(5)20(14-31-24)22(29)26-13-19-15(3)12-16(4)27-23(19)30/h12,14,18,21,25H,6-11,13H2,1-5H3,(H,26,29)(H,27,30). The SMILES string of the molecule is CCC(C1CCNCC1)N(CC)c1scc(C(=O)NCc2c(C)cc(C)[nH]c2=O)c1C. The molecule has 1 aliphatic heterocycles. The normalized spacial score (nSPS) is 15.6. The summed E-state index contributed by atoms with van der Waals surface area (Å²) in [6, 6.07) is 2.43. The molecule has 170 valence electrons. The minimum atomic E-state index is -0.134. The van der Waals surface area contributed by atoms with Gasteiger partial charge in [0.1, 0.15) is 0 Å². The maximum atomic E-state index is 13.0. The molecule has 0 spiro atoms. The van der Waals surface area contributed by atoms with Crippen LogP contribution in [0.5, 0.6) is 0 Å². The average Bonchev–Trinajstić information content (AvgIpc) is 3.12. The van der Waals surface area contributed by atoms with Crippen LogP contribution in [0, 0.1) is 26.7 Å². The maximum absolute atomic E-state index is 13.0. The molecule has 1 unspecified atom stereocenters. The van der Waals surface area contributed by atoms with Crippen LogP contribution in [-0.4, -0.2) is 36.6 Å². The van der Waals surface area contributed by atoms with Gasteiger partial charge >= 0.3 is 0 Å². The number of rotatable bonds is 8. The molecule has 31 heavy (non-hydrogen) atoms. The van der Waals surface area contributed by atoms with Gasteiger partial charge in [0.25, 0.3) is 11.5 Å². The van der Waals surface area contributed by atoms with Crippen molar-refractivity contribution in [3.05, 3.63) is 49.7 Å². The van der Waals surface area contributed by atoms with E-state index >= 15 is 0 Å². The van der Waals surface area contributed by atoms with Crippen LogP contribution in [0.15, 0.2) is 16.2 Å². The van der Waals surface area contributed by atoms with Crippen LogP contribution < -0.4 is 21.1 Å². The lowest BCUT2D eigenvalue weighted by atomic mass is 9.87. The number of piperidine rings is 1. The molecule has 3 N–H and O–H groups in total. The molecule has 6 nitrogen and oxygen atoms in total. The van der Waals surface area contributed by atoms with Crippen LogP contribution in [0.3, 0.4) is 0 Å². The third-order valence-corrected chi connectivity index (χ3v) is 7.64. The number of aromatic nitrogens is 1. The van der Waals surface area contributed by atoms with E-state index < -0.39 is 0 Å². The van der Waals surface area contributed by atoms with Crippen molar-refractivity contribution >= 4 is 22.2 Å². The molecule has 7 heteroatoms. The number of aryl methyl sites for hydroxylation is 2. The van der Waals surface area contributed by atoms with Crippen molar-refractivity contribution in [1.29, 1.82) is 0 Å². The Morgan fingerprint density at radius 2 is 1.97 bits per heavy atom. The number of thiophene rings is 1. The van der Waals surface area contributed by atoms with Gasteiger partial charge in [-0.3, -0.25) is 9.59 Å². The van der Waals surface area contributed by atoms with E-state index in [1.165, 1.54) is 17.8 Å². The van der Waals surface area contributed by atoms with Crippen molar-refractivity contribution in [3.63, 3.8) is 0 Å². The number of nitrogens with zero attached hydrogens (tertiary/aromatic N) is 1. The highest BCUT2D eigenvalue weighted by atomic mass is 32.1. The molecule has 2 aromatic heterocycles. The lowest BCUT2D eigenvalue weighted by molar-refractivity contribution is 0.0950. The van der Waals surface area contributed by atoms with Crippen LogP contribution in [0.1, 0.15) is 65.9 Å². The first-order chi connectivity index (χ1) is 14.9. The fraction of sp³-hybridized carbons (Fsp3) is 0.583. The quantitative estimate of drug-likeness (QED) is 0.577. The Kier molecular flexibility index (Phi) is 7.94. The van der Waals surface area contributed by atoms with Gasteiger partial charge in [-0.25, -0.2) is 0 Å². The van der Waals surface area contributed by atoms with Gasteiger partial charge in [-0.2, -0.15) is 0 Å². The molecule has 1 amide bonds. The van der Waals surface area contributed by atoms with Crippen molar-refractivity contribution < 1.29 is 4.79 Å². The van der Waals surface area contributed by atoms with Crippen molar-refractivity contribution in [1.82, 2.24) is 15.6 Å². The molecule has 2 aromatic rings. The van der Waals surface area contributed by atoms with E-state index in [1.807, 2.05) is 32.2 Å². The Labute approximate surface area is 189 Å². The van der Waals surface area contributed by atoms with Crippen LogP contribution >= 0.6 is 11.3 Å². The number of carbonyl (C=O) groups excluding carboxylic acids is 1. The monoisotopic (exact) mass is 444 g/mol. The van der Waals surface area contributed by atoms with Gasteiger partial charge in [-0.1, -0.05) is 6.92 Å². The summed E-state index contributed by atoms with van der Waals surface area (Å²) in [5.41, 5.74) is 3.94. The molecule has 1 atom stereocenters. The molecule has 0 aromatic carbocycles.